The summed E-state index contributed by atoms with van der Waals surface area (Å²) in [7, 11) is 0. The van der Waals surface area contributed by atoms with Crippen LogP contribution in [0.4, 0.5) is 18.9 Å². The maximum Gasteiger partial charge on any atom is 0.417 e. The molecular weight excluding hydrogens is 447 g/mol. The number of carbonyl (C=O) groups excluding carboxylic acids is 3. The van der Waals surface area contributed by atoms with E-state index >= 15 is 0 Å². The largest absolute Gasteiger partial charge is 0.417 e. The highest BCUT2D eigenvalue weighted by molar-refractivity contribution is 6.04. The Morgan fingerprint density at radius 3 is 1.85 bits per heavy atom. The van der Waals surface area contributed by atoms with E-state index in [0.29, 0.717) is 16.8 Å². The summed E-state index contributed by atoms with van der Waals surface area (Å²) in [4.78, 5) is 36.6. The lowest BCUT2D eigenvalue weighted by Gasteiger charge is -2.13. The Balaban J connectivity index is 1.48. The number of hydrogen-bond acceptors (Lipinski definition) is 3. The number of hydrogen-bond donors (Lipinski definition) is 3. The van der Waals surface area contributed by atoms with Crippen molar-refractivity contribution in [1.82, 2.24) is 10.6 Å². The van der Waals surface area contributed by atoms with Gasteiger partial charge in [0, 0.05) is 29.9 Å². The van der Waals surface area contributed by atoms with Gasteiger partial charge in [0.15, 0.2) is 0 Å². The minimum atomic E-state index is -4.64. The van der Waals surface area contributed by atoms with Gasteiger partial charge in [0.1, 0.15) is 0 Å². The van der Waals surface area contributed by atoms with E-state index in [0.717, 1.165) is 17.7 Å². The van der Waals surface area contributed by atoms with Crippen LogP contribution in [0.25, 0.3) is 0 Å². The van der Waals surface area contributed by atoms with Gasteiger partial charge in [-0.25, -0.2) is 0 Å². The molecule has 3 aromatic rings. The first-order valence-corrected chi connectivity index (χ1v) is 10.4. The zero-order valence-corrected chi connectivity index (χ0v) is 18.2. The lowest BCUT2D eigenvalue weighted by molar-refractivity contribution is -0.137. The van der Waals surface area contributed by atoms with E-state index in [1.165, 1.54) is 24.3 Å². The smallest absolute Gasteiger partial charge is 0.350 e. The number of aryl methyl sites for hydroxylation is 1. The van der Waals surface area contributed by atoms with E-state index in [4.69, 9.17) is 0 Å². The predicted octanol–water partition coefficient (Wildman–Crippen LogP) is 4.43. The van der Waals surface area contributed by atoms with Crippen LogP contribution in [0.15, 0.2) is 72.8 Å². The second-order valence-corrected chi connectivity index (χ2v) is 7.45. The van der Waals surface area contributed by atoms with Gasteiger partial charge >= 0.3 is 6.18 Å². The molecule has 0 aliphatic heterocycles. The molecule has 3 aromatic carbocycles. The third kappa shape index (κ3) is 6.44. The van der Waals surface area contributed by atoms with Crippen molar-refractivity contribution in [2.75, 3.05) is 18.4 Å². The van der Waals surface area contributed by atoms with Crippen LogP contribution in [0.2, 0.25) is 0 Å². The molecule has 3 rings (SSSR count). The number of nitrogens with one attached hydrogen (secondary N) is 3. The van der Waals surface area contributed by atoms with E-state index in [-0.39, 0.29) is 19.0 Å². The van der Waals surface area contributed by atoms with Crippen LogP contribution in [0.3, 0.4) is 0 Å². The average molecular weight is 469 g/mol. The zero-order chi connectivity index (χ0) is 24.7. The van der Waals surface area contributed by atoms with Gasteiger partial charge in [-0.3, -0.25) is 14.4 Å². The van der Waals surface area contributed by atoms with E-state index in [2.05, 4.69) is 16.0 Å². The van der Waals surface area contributed by atoms with Gasteiger partial charge in [0.2, 0.25) is 0 Å². The van der Waals surface area contributed by atoms with E-state index in [1.807, 2.05) is 19.1 Å². The van der Waals surface area contributed by atoms with E-state index < -0.39 is 29.1 Å². The summed E-state index contributed by atoms with van der Waals surface area (Å²) in [5.74, 6) is -1.59. The Hall–Kier alpha value is -4.14. The molecule has 0 saturated carbocycles. The van der Waals surface area contributed by atoms with Gasteiger partial charge in [-0.15, -0.1) is 0 Å². The Morgan fingerprint density at radius 1 is 0.706 bits per heavy atom. The number of halogens is 3. The van der Waals surface area contributed by atoms with Gasteiger partial charge in [-0.2, -0.15) is 13.2 Å². The lowest BCUT2D eigenvalue weighted by Crippen LogP contribution is -2.35. The quantitative estimate of drug-likeness (QED) is 0.448. The van der Waals surface area contributed by atoms with E-state index in [9.17, 15) is 27.6 Å². The number of benzene rings is 3. The second kappa shape index (κ2) is 10.7. The molecule has 0 unspecified atom stereocenters. The van der Waals surface area contributed by atoms with Gasteiger partial charge < -0.3 is 16.0 Å². The fraction of sp³-hybridized carbons (Fsp3) is 0.160. The van der Waals surface area contributed by atoms with Crippen LogP contribution < -0.4 is 16.0 Å². The minimum absolute atomic E-state index is 0.0185. The number of rotatable bonds is 7. The summed E-state index contributed by atoms with van der Waals surface area (Å²) in [6.07, 6.45) is -4.64. The number of amides is 3. The van der Waals surface area contributed by atoms with Crippen molar-refractivity contribution >= 4 is 23.4 Å². The minimum Gasteiger partial charge on any atom is -0.350 e. The average Bonchev–Trinajstić information content (AvgIpc) is 2.82. The van der Waals surface area contributed by atoms with Gasteiger partial charge in [-0.05, 0) is 55.5 Å². The Bertz CT molecular complexity index is 1170. The fourth-order valence-electron chi connectivity index (χ4n) is 3.09. The monoisotopic (exact) mass is 469 g/mol. The van der Waals surface area contributed by atoms with Crippen molar-refractivity contribution in [3.05, 3.63) is 101 Å². The summed E-state index contributed by atoms with van der Waals surface area (Å²) < 4.78 is 39.1. The molecule has 0 fully saturated rings. The highest BCUT2D eigenvalue weighted by atomic mass is 19.4. The first kappa shape index (κ1) is 24.5. The highest BCUT2D eigenvalue weighted by Gasteiger charge is 2.34. The SMILES string of the molecule is Cc1ccc(C(=O)Nc2ccc(C(=O)NCCNC(=O)c3ccccc3C(F)(F)F)cc2)cc1. The maximum absolute atomic E-state index is 13.0. The van der Waals surface area contributed by atoms with Crippen molar-refractivity contribution in [2.24, 2.45) is 0 Å². The number of alkyl halides is 3. The Morgan fingerprint density at radius 2 is 1.24 bits per heavy atom. The topological polar surface area (TPSA) is 87.3 Å². The Labute approximate surface area is 194 Å². The van der Waals surface area contributed by atoms with Crippen LogP contribution in [-0.4, -0.2) is 30.8 Å². The first-order valence-electron chi connectivity index (χ1n) is 10.4. The molecule has 0 bridgehead atoms. The zero-order valence-electron chi connectivity index (χ0n) is 18.2. The van der Waals surface area contributed by atoms with Crippen LogP contribution in [-0.2, 0) is 6.18 Å². The van der Waals surface area contributed by atoms with Crippen molar-refractivity contribution in [3.63, 3.8) is 0 Å². The summed E-state index contributed by atoms with van der Waals surface area (Å²) in [6, 6.07) is 17.8. The third-order valence-corrected chi connectivity index (χ3v) is 4.89. The molecule has 0 aliphatic carbocycles. The molecule has 34 heavy (non-hydrogen) atoms. The molecule has 0 saturated heterocycles. The van der Waals surface area contributed by atoms with Gasteiger partial charge in [0.25, 0.3) is 17.7 Å². The summed E-state index contributed by atoms with van der Waals surface area (Å²) in [5.41, 5.74) is 0.875. The van der Waals surface area contributed by atoms with Crippen LogP contribution in [0.5, 0.6) is 0 Å². The van der Waals surface area contributed by atoms with Crippen LogP contribution in [0.1, 0.15) is 42.2 Å². The highest BCUT2D eigenvalue weighted by Crippen LogP contribution is 2.31. The first-order chi connectivity index (χ1) is 16.1. The second-order valence-electron chi connectivity index (χ2n) is 7.45. The molecule has 0 aliphatic rings. The summed E-state index contributed by atoms with van der Waals surface area (Å²) in [5, 5.41) is 7.69. The predicted molar refractivity (Wildman–Crippen MR) is 122 cm³/mol. The Kier molecular flexibility index (Phi) is 7.68. The molecular formula is C25H22F3N3O3. The van der Waals surface area contributed by atoms with Crippen molar-refractivity contribution in [2.45, 2.75) is 13.1 Å². The molecule has 9 heteroatoms. The lowest BCUT2D eigenvalue weighted by atomic mass is 10.1. The van der Waals surface area contributed by atoms with Gasteiger partial charge in [-0.1, -0.05) is 29.8 Å². The fourth-order valence-corrected chi connectivity index (χ4v) is 3.09. The molecule has 6 nitrogen and oxygen atoms in total. The van der Waals surface area contributed by atoms with Crippen molar-refractivity contribution < 1.29 is 27.6 Å². The summed E-state index contributed by atoms with van der Waals surface area (Å²) >= 11 is 0. The molecule has 176 valence electrons. The third-order valence-electron chi connectivity index (χ3n) is 4.89. The molecule has 3 N–H and O–H groups in total. The molecule has 0 heterocycles. The van der Waals surface area contributed by atoms with Crippen LogP contribution >= 0.6 is 0 Å². The molecule has 0 radical (unpaired) electrons. The molecule has 0 aromatic heterocycles. The van der Waals surface area contributed by atoms with Crippen LogP contribution in [0, 0.1) is 6.92 Å². The van der Waals surface area contributed by atoms with Crippen molar-refractivity contribution in [1.29, 1.82) is 0 Å². The normalized spacial score (nSPS) is 10.9. The van der Waals surface area contributed by atoms with Gasteiger partial charge in [0.05, 0.1) is 11.1 Å². The van der Waals surface area contributed by atoms with Crippen molar-refractivity contribution in [3.8, 4) is 0 Å². The molecule has 0 spiro atoms. The maximum atomic E-state index is 13.0. The number of carbonyl (C=O) groups is 3. The molecule has 0 atom stereocenters. The standard InChI is InChI=1S/C25H22F3N3O3/c1-16-6-8-18(9-7-16)23(33)31-19-12-10-17(11-13-19)22(32)29-14-15-30-24(34)20-4-2-3-5-21(20)25(26,27)28/h2-13H,14-15H2,1H3,(H,29,32)(H,30,34)(H,31,33). The number of anilines is 1. The summed E-state index contributed by atoms with van der Waals surface area (Å²) in [6.45, 7) is 1.89. The molecule has 3 amide bonds. The van der Waals surface area contributed by atoms with E-state index in [1.54, 1.807) is 24.3 Å².